The number of hydrogen-bond donors (Lipinski definition) is 1. The van der Waals surface area contributed by atoms with Crippen molar-refractivity contribution in [2.75, 3.05) is 13.1 Å². The van der Waals surface area contributed by atoms with E-state index in [1.807, 2.05) is 46.7 Å². The third kappa shape index (κ3) is 3.99. The second-order valence-electron chi connectivity index (χ2n) is 6.70. The Labute approximate surface area is 167 Å². The molecule has 0 aliphatic carbocycles. The van der Waals surface area contributed by atoms with Crippen molar-refractivity contribution in [2.24, 2.45) is 0 Å². The van der Waals surface area contributed by atoms with Gasteiger partial charge in [-0.3, -0.25) is 4.79 Å². The standard InChI is InChI=1S/C21H19ClN2O2S/c22-17-5-1-16(2-6-17)20-23-19(13-27-20)21(26)24-11-9-15(10-12-24)14-3-7-18(25)8-4-14/h1-8,13,15,25H,9-12H2. The minimum Gasteiger partial charge on any atom is -0.508 e. The van der Waals surface area contributed by atoms with Crippen molar-refractivity contribution < 1.29 is 9.90 Å². The number of nitrogens with zero attached hydrogens (tertiary/aromatic N) is 2. The molecule has 1 N–H and O–H groups in total. The number of rotatable bonds is 3. The summed E-state index contributed by atoms with van der Waals surface area (Å²) < 4.78 is 0. The number of thiazole rings is 1. The van der Waals surface area contributed by atoms with E-state index in [0.29, 0.717) is 16.6 Å². The van der Waals surface area contributed by atoms with Crippen LogP contribution in [0.25, 0.3) is 10.6 Å². The summed E-state index contributed by atoms with van der Waals surface area (Å²) in [6.45, 7) is 1.44. The molecule has 1 amide bonds. The van der Waals surface area contributed by atoms with Gasteiger partial charge in [0.25, 0.3) is 5.91 Å². The van der Waals surface area contributed by atoms with Gasteiger partial charge in [-0.15, -0.1) is 11.3 Å². The Balaban J connectivity index is 1.41. The fraction of sp³-hybridized carbons (Fsp3) is 0.238. The second-order valence-corrected chi connectivity index (χ2v) is 8.00. The molecule has 0 radical (unpaired) electrons. The zero-order chi connectivity index (χ0) is 18.8. The number of hydrogen-bond acceptors (Lipinski definition) is 4. The van der Waals surface area contributed by atoms with Gasteiger partial charge >= 0.3 is 0 Å². The molecule has 2 heterocycles. The highest BCUT2D eigenvalue weighted by atomic mass is 35.5. The average molecular weight is 399 g/mol. The first-order chi connectivity index (χ1) is 13.1. The highest BCUT2D eigenvalue weighted by molar-refractivity contribution is 7.13. The van der Waals surface area contributed by atoms with Crippen molar-refractivity contribution in [3.8, 4) is 16.3 Å². The number of aromatic nitrogens is 1. The third-order valence-corrected chi connectivity index (χ3v) is 6.10. The van der Waals surface area contributed by atoms with Crippen LogP contribution in [0.5, 0.6) is 5.75 Å². The molecular weight excluding hydrogens is 380 g/mol. The summed E-state index contributed by atoms with van der Waals surface area (Å²) in [5, 5.41) is 12.8. The monoisotopic (exact) mass is 398 g/mol. The Hall–Kier alpha value is -2.37. The lowest BCUT2D eigenvalue weighted by Crippen LogP contribution is -2.38. The van der Waals surface area contributed by atoms with Crippen LogP contribution in [0.2, 0.25) is 5.02 Å². The number of halogens is 1. The molecule has 0 unspecified atom stereocenters. The summed E-state index contributed by atoms with van der Waals surface area (Å²) in [7, 11) is 0. The largest absolute Gasteiger partial charge is 0.508 e. The van der Waals surface area contributed by atoms with Gasteiger partial charge < -0.3 is 10.0 Å². The van der Waals surface area contributed by atoms with Crippen LogP contribution in [0.4, 0.5) is 0 Å². The summed E-state index contributed by atoms with van der Waals surface area (Å²) >= 11 is 7.40. The van der Waals surface area contributed by atoms with Gasteiger partial charge in [0, 0.05) is 29.1 Å². The molecular formula is C21H19ClN2O2S. The second kappa shape index (κ2) is 7.71. The van der Waals surface area contributed by atoms with Crippen LogP contribution in [-0.2, 0) is 0 Å². The highest BCUT2D eigenvalue weighted by Crippen LogP contribution is 2.30. The number of phenolic OH excluding ortho intramolecular Hbond substituents is 1. The SMILES string of the molecule is O=C(c1csc(-c2ccc(Cl)cc2)n1)N1CCC(c2ccc(O)cc2)CC1. The lowest BCUT2D eigenvalue weighted by Gasteiger charge is -2.31. The normalized spacial score (nSPS) is 15.1. The molecule has 3 aromatic rings. The van der Waals surface area contributed by atoms with E-state index in [4.69, 9.17) is 11.6 Å². The van der Waals surface area contributed by atoms with E-state index in [1.54, 1.807) is 12.1 Å². The molecule has 1 aliphatic heterocycles. The van der Waals surface area contributed by atoms with Crippen molar-refractivity contribution in [2.45, 2.75) is 18.8 Å². The van der Waals surface area contributed by atoms with Crippen LogP contribution in [-0.4, -0.2) is 34.0 Å². The Kier molecular flexibility index (Phi) is 5.14. The molecule has 1 fully saturated rings. The lowest BCUT2D eigenvalue weighted by molar-refractivity contribution is 0.0708. The van der Waals surface area contributed by atoms with Gasteiger partial charge in [-0.25, -0.2) is 4.98 Å². The Bertz CT molecular complexity index is 930. The van der Waals surface area contributed by atoms with Crippen LogP contribution in [0.1, 0.15) is 34.8 Å². The smallest absolute Gasteiger partial charge is 0.273 e. The molecule has 4 nitrogen and oxygen atoms in total. The van der Waals surface area contributed by atoms with E-state index in [-0.39, 0.29) is 11.7 Å². The van der Waals surface area contributed by atoms with E-state index < -0.39 is 0 Å². The van der Waals surface area contributed by atoms with Gasteiger partial charge in [-0.2, -0.15) is 0 Å². The summed E-state index contributed by atoms with van der Waals surface area (Å²) in [5.41, 5.74) is 2.70. The van der Waals surface area contributed by atoms with Crippen molar-refractivity contribution in [3.05, 3.63) is 70.2 Å². The fourth-order valence-electron chi connectivity index (χ4n) is 3.42. The summed E-state index contributed by atoms with van der Waals surface area (Å²) in [6, 6.07) is 14.9. The molecule has 0 spiro atoms. The number of amides is 1. The van der Waals surface area contributed by atoms with Crippen LogP contribution in [0.15, 0.2) is 53.9 Å². The molecule has 4 rings (SSSR count). The first kappa shape index (κ1) is 18.0. The van der Waals surface area contributed by atoms with Gasteiger partial charge in [0.1, 0.15) is 16.5 Å². The molecule has 27 heavy (non-hydrogen) atoms. The fourth-order valence-corrected chi connectivity index (χ4v) is 4.35. The lowest BCUT2D eigenvalue weighted by atomic mass is 9.89. The average Bonchev–Trinajstić information content (AvgIpc) is 3.19. The van der Waals surface area contributed by atoms with E-state index >= 15 is 0 Å². The molecule has 0 bridgehead atoms. The number of benzene rings is 2. The number of phenols is 1. The first-order valence-electron chi connectivity index (χ1n) is 8.90. The minimum absolute atomic E-state index is 0.00406. The Morgan fingerprint density at radius 2 is 1.74 bits per heavy atom. The van der Waals surface area contributed by atoms with Gasteiger partial charge in [0.05, 0.1) is 0 Å². The zero-order valence-electron chi connectivity index (χ0n) is 14.6. The molecule has 1 aliphatic rings. The molecule has 2 aromatic carbocycles. The summed E-state index contributed by atoms with van der Waals surface area (Å²) in [6.07, 6.45) is 1.84. The molecule has 0 saturated carbocycles. The van der Waals surface area contributed by atoms with E-state index in [0.717, 1.165) is 36.5 Å². The summed E-state index contributed by atoms with van der Waals surface area (Å²) in [5.74, 6) is 0.705. The number of carbonyl (C=O) groups excluding carboxylic acids is 1. The maximum absolute atomic E-state index is 12.8. The zero-order valence-corrected chi connectivity index (χ0v) is 16.2. The highest BCUT2D eigenvalue weighted by Gasteiger charge is 2.26. The Morgan fingerprint density at radius 3 is 2.41 bits per heavy atom. The van der Waals surface area contributed by atoms with E-state index in [2.05, 4.69) is 4.98 Å². The van der Waals surface area contributed by atoms with Crippen LogP contribution >= 0.6 is 22.9 Å². The van der Waals surface area contributed by atoms with E-state index in [1.165, 1.54) is 16.9 Å². The molecule has 1 saturated heterocycles. The topological polar surface area (TPSA) is 53.4 Å². The number of aromatic hydroxyl groups is 1. The maximum Gasteiger partial charge on any atom is 0.273 e. The first-order valence-corrected chi connectivity index (χ1v) is 10.2. The van der Waals surface area contributed by atoms with Crippen LogP contribution in [0.3, 0.4) is 0 Å². The van der Waals surface area contributed by atoms with Gasteiger partial charge in [-0.05, 0) is 48.6 Å². The predicted molar refractivity (Wildman–Crippen MR) is 109 cm³/mol. The van der Waals surface area contributed by atoms with Crippen molar-refractivity contribution >= 4 is 28.8 Å². The van der Waals surface area contributed by atoms with Gasteiger partial charge in [-0.1, -0.05) is 35.9 Å². The number of piperidine rings is 1. The molecule has 1 aromatic heterocycles. The minimum atomic E-state index is -0.00406. The van der Waals surface area contributed by atoms with Crippen molar-refractivity contribution in [3.63, 3.8) is 0 Å². The van der Waals surface area contributed by atoms with Gasteiger partial charge in [0.15, 0.2) is 0 Å². The van der Waals surface area contributed by atoms with Crippen LogP contribution in [0, 0.1) is 0 Å². The number of likely N-dealkylation sites (tertiary alicyclic amines) is 1. The van der Waals surface area contributed by atoms with Crippen molar-refractivity contribution in [1.29, 1.82) is 0 Å². The number of carbonyl (C=O) groups is 1. The van der Waals surface area contributed by atoms with Crippen molar-refractivity contribution in [1.82, 2.24) is 9.88 Å². The van der Waals surface area contributed by atoms with E-state index in [9.17, 15) is 9.90 Å². The van der Waals surface area contributed by atoms with Gasteiger partial charge in [0.2, 0.25) is 0 Å². The molecule has 138 valence electrons. The molecule has 0 atom stereocenters. The van der Waals surface area contributed by atoms with Crippen LogP contribution < -0.4 is 0 Å². The maximum atomic E-state index is 12.8. The third-order valence-electron chi connectivity index (χ3n) is 4.96. The predicted octanol–water partition coefficient (Wildman–Crippen LogP) is 5.19. The Morgan fingerprint density at radius 1 is 1.07 bits per heavy atom. The summed E-state index contributed by atoms with van der Waals surface area (Å²) in [4.78, 5) is 19.2. The molecule has 6 heteroatoms. The quantitative estimate of drug-likeness (QED) is 0.660.